The van der Waals surface area contributed by atoms with Gasteiger partial charge in [0.25, 0.3) is 0 Å². The zero-order valence-corrected chi connectivity index (χ0v) is 15.1. The lowest BCUT2D eigenvalue weighted by Gasteiger charge is -2.22. The molecule has 0 bridgehead atoms. The molecule has 0 aliphatic carbocycles. The van der Waals surface area contributed by atoms with Crippen LogP contribution in [0.3, 0.4) is 0 Å². The van der Waals surface area contributed by atoms with Crippen LogP contribution in [0.4, 0.5) is 0 Å². The van der Waals surface area contributed by atoms with E-state index < -0.39 is 0 Å². The molecule has 0 aliphatic rings. The zero-order chi connectivity index (χ0) is 17.1. The maximum Gasteiger partial charge on any atom is 0.227 e. The first-order valence-electron chi connectivity index (χ1n) is 7.80. The lowest BCUT2D eigenvalue weighted by Crippen LogP contribution is -2.34. The van der Waals surface area contributed by atoms with Gasteiger partial charge in [-0.15, -0.1) is 0 Å². The first kappa shape index (κ1) is 17.5. The maximum atomic E-state index is 12.6. The fourth-order valence-electron chi connectivity index (χ4n) is 2.67. The highest BCUT2D eigenvalue weighted by atomic mass is 35.5. The Hall–Kier alpha value is -1.82. The van der Waals surface area contributed by atoms with Gasteiger partial charge in [0, 0.05) is 19.8 Å². The van der Waals surface area contributed by atoms with E-state index in [9.17, 15) is 4.79 Å². The van der Waals surface area contributed by atoms with Gasteiger partial charge in [-0.05, 0) is 26.8 Å². The Morgan fingerprint density at radius 3 is 2.65 bits per heavy atom. The topological polar surface area (TPSA) is 56.0 Å². The smallest absolute Gasteiger partial charge is 0.227 e. The number of carbonyl (C=O) groups excluding carboxylic acids is 1. The summed E-state index contributed by atoms with van der Waals surface area (Å²) >= 11 is 6.16. The SMILES string of the molecule is CCn1nccc1CN(C)C(=O)C(C)Cn1nc(C)c(Cl)c1C. The summed E-state index contributed by atoms with van der Waals surface area (Å²) in [5.74, 6) is -0.0930. The molecule has 0 aromatic carbocycles. The van der Waals surface area contributed by atoms with E-state index in [0.29, 0.717) is 18.1 Å². The number of halogens is 1. The van der Waals surface area contributed by atoms with E-state index in [-0.39, 0.29) is 11.8 Å². The number of aromatic nitrogens is 4. The van der Waals surface area contributed by atoms with Crippen molar-refractivity contribution in [2.24, 2.45) is 5.92 Å². The first-order valence-corrected chi connectivity index (χ1v) is 8.18. The standard InChI is InChI=1S/C16H24ClN5O/c1-6-21-14(7-8-18-21)10-20(5)16(23)11(2)9-22-13(4)15(17)12(3)19-22/h7-8,11H,6,9-10H2,1-5H3. The molecule has 23 heavy (non-hydrogen) atoms. The molecule has 0 aliphatic heterocycles. The molecule has 2 rings (SSSR count). The summed E-state index contributed by atoms with van der Waals surface area (Å²) in [7, 11) is 1.82. The van der Waals surface area contributed by atoms with Crippen LogP contribution in [0.25, 0.3) is 0 Å². The van der Waals surface area contributed by atoms with E-state index in [1.54, 1.807) is 11.1 Å². The molecule has 0 radical (unpaired) electrons. The van der Waals surface area contributed by atoms with E-state index in [1.807, 2.05) is 50.2 Å². The molecular formula is C16H24ClN5O. The van der Waals surface area contributed by atoms with Crippen LogP contribution in [0.15, 0.2) is 12.3 Å². The Kier molecular flexibility index (Phi) is 5.46. The molecule has 0 N–H and O–H groups in total. The summed E-state index contributed by atoms with van der Waals surface area (Å²) in [5, 5.41) is 9.30. The number of hydrogen-bond acceptors (Lipinski definition) is 3. The van der Waals surface area contributed by atoms with Crippen molar-refractivity contribution in [1.29, 1.82) is 0 Å². The second-order valence-electron chi connectivity index (χ2n) is 5.90. The van der Waals surface area contributed by atoms with E-state index in [1.165, 1.54) is 0 Å². The molecule has 0 saturated heterocycles. The van der Waals surface area contributed by atoms with Crippen molar-refractivity contribution in [1.82, 2.24) is 24.5 Å². The summed E-state index contributed by atoms with van der Waals surface area (Å²) in [6.07, 6.45) is 1.76. The number of rotatable bonds is 6. The maximum absolute atomic E-state index is 12.6. The molecule has 1 unspecified atom stereocenters. The molecule has 0 saturated carbocycles. The molecule has 2 aromatic heterocycles. The Labute approximate surface area is 142 Å². The van der Waals surface area contributed by atoms with Gasteiger partial charge < -0.3 is 4.90 Å². The van der Waals surface area contributed by atoms with Crippen LogP contribution in [0.1, 0.15) is 30.9 Å². The van der Waals surface area contributed by atoms with Gasteiger partial charge in [0.2, 0.25) is 5.91 Å². The van der Waals surface area contributed by atoms with Crippen LogP contribution >= 0.6 is 11.6 Å². The summed E-state index contributed by atoms with van der Waals surface area (Å²) in [5.41, 5.74) is 2.73. The minimum atomic E-state index is -0.174. The van der Waals surface area contributed by atoms with Crippen molar-refractivity contribution in [2.45, 2.75) is 47.3 Å². The second-order valence-corrected chi connectivity index (χ2v) is 6.28. The quantitative estimate of drug-likeness (QED) is 0.814. The van der Waals surface area contributed by atoms with Crippen LogP contribution in [-0.2, 0) is 24.4 Å². The highest BCUT2D eigenvalue weighted by Crippen LogP contribution is 2.20. The Balaban J connectivity index is 2.02. The van der Waals surface area contributed by atoms with Gasteiger partial charge in [0.05, 0.1) is 41.1 Å². The number of aryl methyl sites for hydroxylation is 2. The molecule has 0 fully saturated rings. The van der Waals surface area contributed by atoms with Gasteiger partial charge in [-0.3, -0.25) is 14.2 Å². The molecule has 2 heterocycles. The number of carbonyl (C=O) groups is 1. The molecule has 126 valence electrons. The average molecular weight is 338 g/mol. The largest absolute Gasteiger partial charge is 0.340 e. The second kappa shape index (κ2) is 7.17. The van der Waals surface area contributed by atoms with E-state index >= 15 is 0 Å². The average Bonchev–Trinajstić information content (AvgIpc) is 3.06. The highest BCUT2D eigenvalue weighted by Gasteiger charge is 2.21. The van der Waals surface area contributed by atoms with Crippen LogP contribution < -0.4 is 0 Å². The normalized spacial score (nSPS) is 12.4. The lowest BCUT2D eigenvalue weighted by molar-refractivity contribution is -0.134. The van der Waals surface area contributed by atoms with Gasteiger partial charge in [0.15, 0.2) is 0 Å². The fraction of sp³-hybridized carbons (Fsp3) is 0.562. The van der Waals surface area contributed by atoms with E-state index in [2.05, 4.69) is 10.2 Å². The van der Waals surface area contributed by atoms with Gasteiger partial charge >= 0.3 is 0 Å². The van der Waals surface area contributed by atoms with Gasteiger partial charge in [-0.1, -0.05) is 18.5 Å². The van der Waals surface area contributed by atoms with Crippen molar-refractivity contribution in [3.63, 3.8) is 0 Å². The molecule has 1 atom stereocenters. The molecule has 7 heteroatoms. The summed E-state index contributed by atoms with van der Waals surface area (Å²) in [6.45, 7) is 9.61. The highest BCUT2D eigenvalue weighted by molar-refractivity contribution is 6.31. The molecule has 6 nitrogen and oxygen atoms in total. The Morgan fingerprint density at radius 2 is 2.09 bits per heavy atom. The molecule has 0 spiro atoms. The van der Waals surface area contributed by atoms with Crippen molar-refractivity contribution in [3.05, 3.63) is 34.4 Å². The van der Waals surface area contributed by atoms with Crippen molar-refractivity contribution in [2.75, 3.05) is 7.05 Å². The van der Waals surface area contributed by atoms with Crippen molar-refractivity contribution < 1.29 is 4.79 Å². The van der Waals surface area contributed by atoms with Gasteiger partial charge in [-0.2, -0.15) is 10.2 Å². The Bertz CT molecular complexity index is 691. The van der Waals surface area contributed by atoms with Crippen LogP contribution in [-0.4, -0.2) is 37.4 Å². The molecule has 2 aromatic rings. The summed E-state index contributed by atoms with van der Waals surface area (Å²) in [6, 6.07) is 1.94. The van der Waals surface area contributed by atoms with Crippen molar-refractivity contribution >= 4 is 17.5 Å². The number of nitrogens with zero attached hydrogens (tertiary/aromatic N) is 5. The zero-order valence-electron chi connectivity index (χ0n) is 14.4. The predicted octanol–water partition coefficient (Wildman–Crippen LogP) is 2.66. The Morgan fingerprint density at radius 1 is 1.39 bits per heavy atom. The number of hydrogen-bond donors (Lipinski definition) is 0. The third kappa shape index (κ3) is 3.75. The fourth-order valence-corrected chi connectivity index (χ4v) is 2.80. The third-order valence-electron chi connectivity index (χ3n) is 4.04. The monoisotopic (exact) mass is 337 g/mol. The molecular weight excluding hydrogens is 314 g/mol. The third-order valence-corrected chi connectivity index (χ3v) is 4.59. The van der Waals surface area contributed by atoms with Gasteiger partial charge in [-0.25, -0.2) is 0 Å². The summed E-state index contributed by atoms with van der Waals surface area (Å²) < 4.78 is 3.71. The van der Waals surface area contributed by atoms with Crippen LogP contribution in [0.5, 0.6) is 0 Å². The first-order chi connectivity index (χ1) is 10.8. The van der Waals surface area contributed by atoms with Crippen molar-refractivity contribution in [3.8, 4) is 0 Å². The van der Waals surface area contributed by atoms with E-state index in [0.717, 1.165) is 23.6 Å². The van der Waals surface area contributed by atoms with Crippen LogP contribution in [0, 0.1) is 19.8 Å². The lowest BCUT2D eigenvalue weighted by atomic mass is 10.1. The van der Waals surface area contributed by atoms with Gasteiger partial charge in [0.1, 0.15) is 0 Å². The number of amides is 1. The van der Waals surface area contributed by atoms with E-state index in [4.69, 9.17) is 11.6 Å². The molecule has 1 amide bonds. The van der Waals surface area contributed by atoms with Crippen LogP contribution in [0.2, 0.25) is 5.02 Å². The minimum absolute atomic E-state index is 0.0810. The minimum Gasteiger partial charge on any atom is -0.340 e. The predicted molar refractivity (Wildman–Crippen MR) is 90.3 cm³/mol. The summed E-state index contributed by atoms with van der Waals surface area (Å²) in [4.78, 5) is 14.3.